The van der Waals surface area contributed by atoms with Gasteiger partial charge >= 0.3 is 0 Å². The molecule has 2 heterocycles. The molecule has 1 aliphatic rings. The number of amides is 1. The fourth-order valence-corrected chi connectivity index (χ4v) is 4.19. The van der Waals surface area contributed by atoms with Gasteiger partial charge in [0.1, 0.15) is 11.0 Å². The van der Waals surface area contributed by atoms with Crippen LogP contribution >= 0.6 is 23.4 Å². The molecule has 7 heteroatoms. The quantitative estimate of drug-likeness (QED) is 0.284. The summed E-state index contributed by atoms with van der Waals surface area (Å²) in [4.78, 5) is 23.6. The van der Waals surface area contributed by atoms with Crippen LogP contribution in [0.1, 0.15) is 54.9 Å². The van der Waals surface area contributed by atoms with E-state index in [0.717, 1.165) is 37.3 Å². The Balaban J connectivity index is 1.63. The summed E-state index contributed by atoms with van der Waals surface area (Å²) in [6.45, 7) is 4.86. The van der Waals surface area contributed by atoms with E-state index in [0.29, 0.717) is 28.2 Å². The maximum atomic E-state index is 12.2. The Kier molecular flexibility index (Phi) is 7.98. The monoisotopic (exact) mass is 418 g/mol. The van der Waals surface area contributed by atoms with Crippen molar-refractivity contribution in [3.8, 4) is 0 Å². The smallest absolute Gasteiger partial charge is 0.251 e. The average molecular weight is 419 g/mol. The molecular weight excluding hydrogens is 392 g/mol. The summed E-state index contributed by atoms with van der Waals surface area (Å²) < 4.78 is 0. The molecule has 1 N–H and O–H groups in total. The maximum absolute atomic E-state index is 12.2. The van der Waals surface area contributed by atoms with Crippen molar-refractivity contribution in [3.63, 3.8) is 0 Å². The predicted octanol–water partition coefficient (Wildman–Crippen LogP) is 4.94. The molecule has 1 aliphatic heterocycles. The molecule has 3 rings (SSSR count). The number of carbonyl (C=O) groups excluding carboxylic acids is 1. The topological polar surface area (TPSA) is 58.1 Å². The van der Waals surface area contributed by atoms with E-state index in [4.69, 9.17) is 16.6 Å². The Hall–Kier alpha value is -1.79. The fraction of sp³-hybridized carbons (Fsp3) is 0.476. The minimum absolute atomic E-state index is 0.0216. The van der Waals surface area contributed by atoms with Gasteiger partial charge in [0.25, 0.3) is 5.91 Å². The zero-order chi connectivity index (χ0) is 19.8. The molecule has 0 spiro atoms. The van der Waals surface area contributed by atoms with Crippen LogP contribution in [0.2, 0.25) is 5.15 Å². The lowest BCUT2D eigenvalue weighted by atomic mass is 10.1. The van der Waals surface area contributed by atoms with Crippen LogP contribution in [-0.4, -0.2) is 35.5 Å². The van der Waals surface area contributed by atoms with E-state index in [1.165, 1.54) is 19.3 Å². The summed E-state index contributed by atoms with van der Waals surface area (Å²) in [5.74, 6) is 1.58. The lowest BCUT2D eigenvalue weighted by molar-refractivity contribution is 0.0953. The molecule has 0 atom stereocenters. The second kappa shape index (κ2) is 10.7. The van der Waals surface area contributed by atoms with Gasteiger partial charge in [-0.1, -0.05) is 48.8 Å². The van der Waals surface area contributed by atoms with Gasteiger partial charge in [0.05, 0.1) is 0 Å². The van der Waals surface area contributed by atoms with Crippen molar-refractivity contribution >= 4 is 35.1 Å². The second-order valence-electron chi connectivity index (χ2n) is 6.98. The van der Waals surface area contributed by atoms with Gasteiger partial charge in [0, 0.05) is 37.0 Å². The van der Waals surface area contributed by atoms with E-state index in [2.05, 4.69) is 22.1 Å². The summed E-state index contributed by atoms with van der Waals surface area (Å²) in [6, 6.07) is 9.57. The van der Waals surface area contributed by atoms with Gasteiger partial charge in [0.15, 0.2) is 5.16 Å². The highest BCUT2D eigenvalue weighted by molar-refractivity contribution is 7.98. The average Bonchev–Trinajstić information content (AvgIpc) is 2.73. The van der Waals surface area contributed by atoms with Gasteiger partial charge in [-0.3, -0.25) is 4.79 Å². The first-order valence-corrected chi connectivity index (χ1v) is 11.3. The molecule has 150 valence electrons. The molecule has 0 bridgehead atoms. The number of benzene rings is 1. The second-order valence-corrected chi connectivity index (χ2v) is 8.31. The van der Waals surface area contributed by atoms with Gasteiger partial charge in [-0.25, -0.2) is 9.97 Å². The SMILES string of the molecule is CCCCNC(=O)c1cccc(CSc2nc(Cl)cc(N3CCCCC3)n2)c1. The number of piperidine rings is 1. The molecule has 5 nitrogen and oxygen atoms in total. The highest BCUT2D eigenvalue weighted by Gasteiger charge is 2.15. The van der Waals surface area contributed by atoms with E-state index < -0.39 is 0 Å². The largest absolute Gasteiger partial charge is 0.356 e. The van der Waals surface area contributed by atoms with E-state index in [1.807, 2.05) is 30.3 Å². The number of thioether (sulfide) groups is 1. The molecular formula is C21H27ClN4OS. The normalized spacial score (nSPS) is 14.1. The molecule has 0 saturated carbocycles. The molecule has 0 radical (unpaired) electrons. The van der Waals surface area contributed by atoms with Gasteiger partial charge in [-0.15, -0.1) is 0 Å². The fourth-order valence-electron chi connectivity index (χ4n) is 3.17. The number of nitrogens with zero attached hydrogens (tertiary/aromatic N) is 3. The third-order valence-corrected chi connectivity index (χ3v) is 5.83. The minimum atomic E-state index is -0.0216. The van der Waals surface area contributed by atoms with Crippen LogP contribution in [-0.2, 0) is 5.75 Å². The van der Waals surface area contributed by atoms with E-state index in [-0.39, 0.29) is 5.91 Å². The number of carbonyl (C=O) groups is 1. The number of nitrogens with one attached hydrogen (secondary N) is 1. The molecule has 1 aromatic carbocycles. The van der Waals surface area contributed by atoms with Crippen LogP contribution in [0.5, 0.6) is 0 Å². The van der Waals surface area contributed by atoms with Crippen molar-refractivity contribution < 1.29 is 4.79 Å². The summed E-state index contributed by atoms with van der Waals surface area (Å²) >= 11 is 7.78. The van der Waals surface area contributed by atoms with Crippen molar-refractivity contribution in [1.82, 2.24) is 15.3 Å². The van der Waals surface area contributed by atoms with Gasteiger partial charge in [-0.05, 0) is 43.4 Å². The molecule has 28 heavy (non-hydrogen) atoms. The Morgan fingerprint density at radius 3 is 2.82 bits per heavy atom. The first-order chi connectivity index (χ1) is 13.7. The van der Waals surface area contributed by atoms with Gasteiger partial charge in [-0.2, -0.15) is 0 Å². The van der Waals surface area contributed by atoms with Crippen molar-refractivity contribution in [2.75, 3.05) is 24.5 Å². The van der Waals surface area contributed by atoms with Crippen molar-refractivity contribution in [1.29, 1.82) is 0 Å². The maximum Gasteiger partial charge on any atom is 0.251 e. The Bertz CT molecular complexity index is 796. The molecule has 1 amide bonds. The molecule has 1 fully saturated rings. The molecule has 1 saturated heterocycles. The van der Waals surface area contributed by atoms with Crippen LogP contribution in [0.3, 0.4) is 0 Å². The summed E-state index contributed by atoms with van der Waals surface area (Å²) in [7, 11) is 0. The number of anilines is 1. The van der Waals surface area contributed by atoms with Crippen molar-refractivity contribution in [2.45, 2.75) is 49.9 Å². The molecule has 0 unspecified atom stereocenters. The lowest BCUT2D eigenvalue weighted by Crippen LogP contribution is -2.30. The van der Waals surface area contributed by atoms with Crippen molar-refractivity contribution in [3.05, 3.63) is 46.6 Å². The predicted molar refractivity (Wildman–Crippen MR) is 116 cm³/mol. The van der Waals surface area contributed by atoms with E-state index in [9.17, 15) is 4.79 Å². The van der Waals surface area contributed by atoms with Crippen LogP contribution in [0.4, 0.5) is 5.82 Å². The summed E-state index contributed by atoms with van der Waals surface area (Å²) in [6.07, 6.45) is 5.72. The number of halogens is 1. The first kappa shape index (κ1) is 20.9. The number of hydrogen-bond acceptors (Lipinski definition) is 5. The van der Waals surface area contributed by atoms with Crippen molar-refractivity contribution in [2.24, 2.45) is 0 Å². The lowest BCUT2D eigenvalue weighted by Gasteiger charge is -2.27. The van der Waals surface area contributed by atoms with Crippen LogP contribution in [0, 0.1) is 0 Å². The van der Waals surface area contributed by atoms with Gasteiger partial charge < -0.3 is 10.2 Å². The zero-order valence-corrected chi connectivity index (χ0v) is 17.9. The van der Waals surface area contributed by atoms with Crippen LogP contribution < -0.4 is 10.2 Å². The number of hydrogen-bond donors (Lipinski definition) is 1. The Labute approximate surface area is 176 Å². The van der Waals surface area contributed by atoms with E-state index >= 15 is 0 Å². The Morgan fingerprint density at radius 1 is 1.21 bits per heavy atom. The Morgan fingerprint density at radius 2 is 2.04 bits per heavy atom. The standard InChI is InChI=1S/C21H27ClN4OS/c1-2-3-10-23-20(27)17-9-7-8-16(13-17)15-28-21-24-18(22)14-19(25-21)26-11-5-4-6-12-26/h7-9,13-14H,2-6,10-12,15H2,1H3,(H,23,27). The summed E-state index contributed by atoms with van der Waals surface area (Å²) in [5, 5.41) is 4.11. The molecule has 0 aliphatic carbocycles. The summed E-state index contributed by atoms with van der Waals surface area (Å²) in [5.41, 5.74) is 1.76. The molecule has 2 aromatic rings. The van der Waals surface area contributed by atoms with Gasteiger partial charge in [0.2, 0.25) is 0 Å². The minimum Gasteiger partial charge on any atom is -0.356 e. The number of aromatic nitrogens is 2. The zero-order valence-electron chi connectivity index (χ0n) is 16.3. The third kappa shape index (κ3) is 6.11. The first-order valence-electron chi connectivity index (χ1n) is 9.95. The highest BCUT2D eigenvalue weighted by atomic mass is 35.5. The molecule has 1 aromatic heterocycles. The van der Waals surface area contributed by atoms with Crippen LogP contribution in [0.25, 0.3) is 0 Å². The van der Waals surface area contributed by atoms with E-state index in [1.54, 1.807) is 11.8 Å². The van der Waals surface area contributed by atoms with Crippen LogP contribution in [0.15, 0.2) is 35.5 Å². The highest BCUT2D eigenvalue weighted by Crippen LogP contribution is 2.26. The number of unbranched alkanes of at least 4 members (excludes halogenated alkanes) is 1. The third-order valence-electron chi connectivity index (χ3n) is 4.71. The number of rotatable bonds is 8.